The van der Waals surface area contributed by atoms with Crippen molar-refractivity contribution in [2.75, 3.05) is 13.6 Å². The standard InChI is InChI=1S/C7H13N/c1-7-5-6(7)3-4-8(7)2/h6H,3-5H2,1-2H3. The molecule has 8 heavy (non-hydrogen) atoms. The molecule has 0 amide bonds. The molecule has 0 bridgehead atoms. The van der Waals surface area contributed by atoms with E-state index in [1.165, 1.54) is 19.4 Å². The topological polar surface area (TPSA) is 3.24 Å². The van der Waals surface area contributed by atoms with E-state index < -0.39 is 0 Å². The van der Waals surface area contributed by atoms with Gasteiger partial charge in [0.2, 0.25) is 0 Å². The second-order valence-electron chi connectivity index (χ2n) is 3.47. The highest BCUT2D eigenvalue weighted by molar-refractivity contribution is 5.11. The third-order valence-electron chi connectivity index (χ3n) is 3.06. The molecule has 2 aliphatic rings. The minimum absolute atomic E-state index is 0.653. The van der Waals surface area contributed by atoms with Gasteiger partial charge in [0.1, 0.15) is 0 Å². The molecule has 1 heterocycles. The first-order chi connectivity index (χ1) is 3.73. The Labute approximate surface area is 50.7 Å². The van der Waals surface area contributed by atoms with Crippen LogP contribution in [0.3, 0.4) is 0 Å². The maximum atomic E-state index is 2.50. The molecule has 0 spiro atoms. The minimum atomic E-state index is 0.653. The first kappa shape index (κ1) is 4.80. The largest absolute Gasteiger partial charge is 0.301 e. The van der Waals surface area contributed by atoms with Crippen molar-refractivity contribution in [3.05, 3.63) is 0 Å². The molecule has 1 heteroatoms. The summed E-state index contributed by atoms with van der Waals surface area (Å²) in [6.07, 6.45) is 2.91. The third-order valence-corrected chi connectivity index (χ3v) is 3.06. The van der Waals surface area contributed by atoms with Crippen molar-refractivity contribution in [3.63, 3.8) is 0 Å². The van der Waals surface area contributed by atoms with Gasteiger partial charge in [-0.05, 0) is 39.3 Å². The molecule has 1 nitrogen and oxygen atoms in total. The fourth-order valence-corrected chi connectivity index (χ4v) is 1.93. The van der Waals surface area contributed by atoms with Crippen LogP contribution in [-0.4, -0.2) is 24.0 Å². The summed E-state index contributed by atoms with van der Waals surface area (Å²) in [5.41, 5.74) is 0.653. The number of hydrogen-bond acceptors (Lipinski definition) is 1. The molecule has 1 aliphatic carbocycles. The Morgan fingerprint density at radius 2 is 2.38 bits per heavy atom. The average Bonchev–Trinajstić information content (AvgIpc) is 2.31. The number of nitrogens with zero attached hydrogens (tertiary/aromatic N) is 1. The molecule has 2 rings (SSSR count). The quantitative estimate of drug-likeness (QED) is 0.452. The maximum absolute atomic E-state index is 2.50. The predicted molar refractivity (Wildman–Crippen MR) is 33.8 cm³/mol. The normalized spacial score (nSPS) is 54.0. The van der Waals surface area contributed by atoms with Gasteiger partial charge in [0, 0.05) is 5.54 Å². The van der Waals surface area contributed by atoms with E-state index in [0.717, 1.165) is 5.92 Å². The molecule has 0 aromatic rings. The highest BCUT2D eigenvalue weighted by Crippen LogP contribution is 2.54. The summed E-state index contributed by atoms with van der Waals surface area (Å²) in [4.78, 5) is 2.50. The Morgan fingerprint density at radius 3 is 2.50 bits per heavy atom. The van der Waals surface area contributed by atoms with Gasteiger partial charge in [0.05, 0.1) is 0 Å². The molecular formula is C7H13N. The van der Waals surface area contributed by atoms with Crippen molar-refractivity contribution >= 4 is 0 Å². The second-order valence-corrected chi connectivity index (χ2v) is 3.47. The van der Waals surface area contributed by atoms with Crippen LogP contribution < -0.4 is 0 Å². The Hall–Kier alpha value is -0.0400. The van der Waals surface area contributed by atoms with Crippen LogP contribution in [0.2, 0.25) is 0 Å². The van der Waals surface area contributed by atoms with Gasteiger partial charge in [0.25, 0.3) is 0 Å². The van der Waals surface area contributed by atoms with Gasteiger partial charge >= 0.3 is 0 Å². The molecule has 2 unspecified atom stereocenters. The lowest BCUT2D eigenvalue weighted by Gasteiger charge is -2.17. The number of hydrogen-bond donors (Lipinski definition) is 0. The second kappa shape index (κ2) is 1.10. The average molecular weight is 111 g/mol. The summed E-state index contributed by atoms with van der Waals surface area (Å²) in [5.74, 6) is 1.06. The van der Waals surface area contributed by atoms with Crippen LogP contribution in [0.25, 0.3) is 0 Å². The fourth-order valence-electron chi connectivity index (χ4n) is 1.93. The van der Waals surface area contributed by atoms with Gasteiger partial charge in [-0.1, -0.05) is 0 Å². The van der Waals surface area contributed by atoms with E-state index in [4.69, 9.17) is 0 Å². The highest BCUT2D eigenvalue weighted by atomic mass is 15.2. The zero-order valence-electron chi connectivity index (χ0n) is 5.65. The summed E-state index contributed by atoms with van der Waals surface area (Å²) < 4.78 is 0. The summed E-state index contributed by atoms with van der Waals surface area (Å²) in [7, 11) is 2.24. The Kier molecular flexibility index (Phi) is 0.663. The van der Waals surface area contributed by atoms with E-state index in [9.17, 15) is 0 Å². The number of rotatable bonds is 0. The molecule has 0 aromatic heterocycles. The van der Waals surface area contributed by atoms with Gasteiger partial charge in [-0.25, -0.2) is 0 Å². The molecule has 0 radical (unpaired) electrons. The third kappa shape index (κ3) is 0.368. The van der Waals surface area contributed by atoms with Crippen LogP contribution in [0.15, 0.2) is 0 Å². The van der Waals surface area contributed by atoms with E-state index in [1.54, 1.807) is 0 Å². The number of fused-ring (bicyclic) bond motifs is 1. The molecule has 2 atom stereocenters. The van der Waals surface area contributed by atoms with Crippen LogP contribution in [-0.2, 0) is 0 Å². The fraction of sp³-hybridized carbons (Fsp3) is 1.00. The molecule has 0 N–H and O–H groups in total. The van der Waals surface area contributed by atoms with Gasteiger partial charge in [0.15, 0.2) is 0 Å². The van der Waals surface area contributed by atoms with Crippen LogP contribution in [0.5, 0.6) is 0 Å². The van der Waals surface area contributed by atoms with E-state index in [0.29, 0.717) is 5.54 Å². The van der Waals surface area contributed by atoms with E-state index in [2.05, 4.69) is 18.9 Å². The van der Waals surface area contributed by atoms with Crippen molar-refractivity contribution in [3.8, 4) is 0 Å². The molecule has 2 fully saturated rings. The van der Waals surface area contributed by atoms with Crippen molar-refractivity contribution < 1.29 is 0 Å². The van der Waals surface area contributed by atoms with Gasteiger partial charge < -0.3 is 4.90 Å². The molecule has 1 saturated carbocycles. The first-order valence-electron chi connectivity index (χ1n) is 3.45. The van der Waals surface area contributed by atoms with E-state index in [-0.39, 0.29) is 0 Å². The van der Waals surface area contributed by atoms with Crippen molar-refractivity contribution in [2.24, 2.45) is 5.92 Å². The number of likely N-dealkylation sites (tertiary alicyclic amines) is 1. The first-order valence-corrected chi connectivity index (χ1v) is 3.45. The van der Waals surface area contributed by atoms with Crippen LogP contribution in [0, 0.1) is 5.92 Å². The smallest absolute Gasteiger partial charge is 0.0211 e. The summed E-state index contributed by atoms with van der Waals surface area (Å²) in [6.45, 7) is 3.71. The number of piperidine rings is 1. The van der Waals surface area contributed by atoms with Gasteiger partial charge in [-0.2, -0.15) is 0 Å². The van der Waals surface area contributed by atoms with Crippen molar-refractivity contribution in [1.29, 1.82) is 0 Å². The van der Waals surface area contributed by atoms with Crippen LogP contribution >= 0.6 is 0 Å². The van der Waals surface area contributed by atoms with E-state index in [1.807, 2.05) is 0 Å². The summed E-state index contributed by atoms with van der Waals surface area (Å²) in [5, 5.41) is 0. The zero-order chi connectivity index (χ0) is 5.78. The lowest BCUT2D eigenvalue weighted by molar-refractivity contribution is 0.280. The van der Waals surface area contributed by atoms with Gasteiger partial charge in [-0.3, -0.25) is 0 Å². The molecule has 46 valence electrons. The maximum Gasteiger partial charge on any atom is 0.0211 e. The molecular weight excluding hydrogens is 98.1 g/mol. The van der Waals surface area contributed by atoms with Gasteiger partial charge in [-0.15, -0.1) is 0 Å². The Balaban J connectivity index is 2.19. The Bertz CT molecular complexity index is 120. The molecule has 1 aliphatic heterocycles. The minimum Gasteiger partial charge on any atom is -0.301 e. The SMILES string of the molecule is CN1CCC2CC21C. The molecule has 1 saturated heterocycles. The monoisotopic (exact) mass is 111 g/mol. The summed E-state index contributed by atoms with van der Waals surface area (Å²) >= 11 is 0. The predicted octanol–water partition coefficient (Wildman–Crippen LogP) is 1.10. The van der Waals surface area contributed by atoms with Crippen LogP contribution in [0.4, 0.5) is 0 Å². The summed E-state index contributed by atoms with van der Waals surface area (Å²) in [6, 6.07) is 0. The van der Waals surface area contributed by atoms with Crippen molar-refractivity contribution in [2.45, 2.75) is 25.3 Å². The zero-order valence-corrected chi connectivity index (χ0v) is 5.65. The Morgan fingerprint density at radius 1 is 1.62 bits per heavy atom. The lowest BCUT2D eigenvalue weighted by atomic mass is 10.2. The molecule has 0 aromatic carbocycles. The van der Waals surface area contributed by atoms with E-state index >= 15 is 0 Å². The van der Waals surface area contributed by atoms with Crippen molar-refractivity contribution in [1.82, 2.24) is 4.90 Å². The van der Waals surface area contributed by atoms with Crippen LogP contribution in [0.1, 0.15) is 19.8 Å². The lowest BCUT2D eigenvalue weighted by Crippen LogP contribution is -2.27. The highest BCUT2D eigenvalue weighted by Gasteiger charge is 2.56.